The van der Waals surface area contributed by atoms with Crippen molar-refractivity contribution in [2.45, 2.75) is 189 Å². The zero-order valence-corrected chi connectivity index (χ0v) is 48.5. The first-order chi connectivity index (χ1) is 35.3. The van der Waals surface area contributed by atoms with E-state index in [-0.39, 0.29) is 55.4 Å². The summed E-state index contributed by atoms with van der Waals surface area (Å²) in [7, 11) is 0. The maximum atomic E-state index is 13.5. The van der Waals surface area contributed by atoms with Crippen molar-refractivity contribution in [3.63, 3.8) is 0 Å². The van der Waals surface area contributed by atoms with E-state index in [1.54, 1.807) is 53.7 Å². The molecule has 3 rings (SSSR count). The largest absolute Gasteiger partial charge is 0.488 e. The van der Waals surface area contributed by atoms with Gasteiger partial charge in [-0.1, -0.05) is 44.6 Å². The van der Waals surface area contributed by atoms with Crippen LogP contribution in [0, 0.1) is 41.6 Å². The summed E-state index contributed by atoms with van der Waals surface area (Å²) in [5.41, 5.74) is -0.288. The van der Waals surface area contributed by atoms with Crippen LogP contribution in [0.2, 0.25) is 0 Å². The van der Waals surface area contributed by atoms with E-state index in [0.29, 0.717) is 47.2 Å². The molecule has 0 aliphatic carbocycles. The molecule has 6 atom stereocenters. The van der Waals surface area contributed by atoms with Crippen LogP contribution in [0.5, 0.6) is 17.2 Å². The van der Waals surface area contributed by atoms with E-state index in [2.05, 4.69) is 49.6 Å². The summed E-state index contributed by atoms with van der Waals surface area (Å²) in [5, 5.41) is 35.1. The standard InChI is InChI=1S/C19H30FNO4.C19H26FNO4.C10H17NO2.C9H10BrFO2/c2*1-6-16(21-18(23)25-19(3,4)5)10-8-14-7-9-15(20)11-17(14)24-13(2)12-22;1-6-8(7-2)11-9(12)13-10(3,4)5;1-6(5-12)13-9-4-7(11)2-3-8(9)10/h7,9,11,13,16,22H,6,8,10,12H2,1-5H3,(H,21,23);7,9,11,13,16,22H,6,12H2,1-5H3,(H,21,23);1,8H,7H2,2-5H3,(H,11,12);2-4,6,12H,5H2,1H3/t2*13-,16-;8-;6-/m0010/s1. The van der Waals surface area contributed by atoms with Crippen molar-refractivity contribution >= 4 is 34.2 Å². The van der Waals surface area contributed by atoms with E-state index in [9.17, 15) is 27.6 Å². The Morgan fingerprint density at radius 3 is 1.42 bits per heavy atom. The van der Waals surface area contributed by atoms with E-state index in [0.717, 1.165) is 12.0 Å². The monoisotopic (exact) mass is 1140 g/mol. The maximum absolute atomic E-state index is 13.5. The van der Waals surface area contributed by atoms with Gasteiger partial charge in [-0.3, -0.25) is 0 Å². The van der Waals surface area contributed by atoms with Crippen LogP contribution < -0.4 is 30.2 Å². The van der Waals surface area contributed by atoms with Crippen LogP contribution in [0.4, 0.5) is 27.6 Å². The molecule has 0 fully saturated rings. The predicted molar refractivity (Wildman–Crippen MR) is 293 cm³/mol. The summed E-state index contributed by atoms with van der Waals surface area (Å²) < 4.78 is 72.1. The third kappa shape index (κ3) is 33.2. The fourth-order valence-electron chi connectivity index (χ4n) is 5.62. The zero-order chi connectivity index (χ0) is 58.4. The first-order valence-electron chi connectivity index (χ1n) is 25.1. The highest BCUT2D eigenvalue weighted by Crippen LogP contribution is 2.27. The molecule has 76 heavy (non-hydrogen) atoms. The van der Waals surface area contributed by atoms with Crippen molar-refractivity contribution in [2.24, 2.45) is 0 Å². The Hall–Kier alpha value is -5.86. The van der Waals surface area contributed by atoms with Gasteiger partial charge in [0.2, 0.25) is 0 Å². The highest BCUT2D eigenvalue weighted by Gasteiger charge is 2.21. The number of carbonyl (C=O) groups is 3. The number of halogens is 4. The first-order valence-corrected chi connectivity index (χ1v) is 25.9. The summed E-state index contributed by atoms with van der Waals surface area (Å²) in [6.45, 7) is 26.7. The number of carbonyl (C=O) groups excluding carboxylic acids is 3. The lowest BCUT2D eigenvalue weighted by atomic mass is 10.0. The van der Waals surface area contributed by atoms with Gasteiger partial charge in [0.15, 0.2) is 0 Å². The van der Waals surface area contributed by atoms with E-state index in [4.69, 9.17) is 50.2 Å². The molecule has 0 saturated carbocycles. The minimum absolute atomic E-state index is 0.0528. The van der Waals surface area contributed by atoms with Crippen LogP contribution in [0.25, 0.3) is 0 Å². The molecule has 0 saturated heterocycles. The molecule has 3 aromatic rings. The van der Waals surface area contributed by atoms with Crippen molar-refractivity contribution in [1.82, 2.24) is 16.0 Å². The van der Waals surface area contributed by atoms with Crippen LogP contribution >= 0.6 is 15.9 Å². The van der Waals surface area contributed by atoms with Crippen LogP contribution in [-0.4, -0.2) is 107 Å². The van der Waals surface area contributed by atoms with E-state index >= 15 is 0 Å². The van der Waals surface area contributed by atoms with Gasteiger partial charge in [0.05, 0.1) is 41.9 Å². The molecule has 0 unspecified atom stereocenters. The van der Waals surface area contributed by atoms with Gasteiger partial charge >= 0.3 is 18.3 Å². The average molecular weight is 1140 g/mol. The number of ether oxygens (including phenoxy) is 6. The topological polar surface area (TPSA) is 203 Å². The lowest BCUT2D eigenvalue weighted by Crippen LogP contribution is -2.39. The Bertz CT molecular complexity index is 2320. The Balaban J connectivity index is 0.00000103. The predicted octanol–water partition coefficient (Wildman–Crippen LogP) is 11.3. The molecule has 0 heterocycles. The number of benzene rings is 3. The number of terminal acetylenes is 1. The van der Waals surface area contributed by atoms with Crippen molar-refractivity contribution in [2.75, 3.05) is 19.8 Å². The molecule has 426 valence electrons. The number of aryl methyl sites for hydroxylation is 1. The Morgan fingerprint density at radius 2 is 0.987 bits per heavy atom. The van der Waals surface area contributed by atoms with Crippen molar-refractivity contribution in [1.29, 1.82) is 0 Å². The van der Waals surface area contributed by atoms with E-state index < -0.39 is 59.1 Å². The average Bonchev–Trinajstić information content (AvgIpc) is 3.31. The fourth-order valence-corrected chi connectivity index (χ4v) is 5.96. The lowest BCUT2D eigenvalue weighted by Gasteiger charge is -2.23. The molecule has 19 heteroatoms. The van der Waals surface area contributed by atoms with Gasteiger partial charge in [-0.15, -0.1) is 6.42 Å². The second kappa shape index (κ2) is 35.5. The van der Waals surface area contributed by atoms with Crippen molar-refractivity contribution < 1.29 is 71.3 Å². The molecule has 0 spiro atoms. The molecular formula is C57H83BrF3N3O12. The summed E-state index contributed by atoms with van der Waals surface area (Å²) in [5.74, 6) is 8.16. The molecule has 6 N–H and O–H groups in total. The first kappa shape index (κ1) is 70.1. The van der Waals surface area contributed by atoms with Crippen molar-refractivity contribution in [3.05, 3.63) is 87.6 Å². The number of nitrogens with one attached hydrogen (secondary N) is 3. The summed E-state index contributed by atoms with van der Waals surface area (Å²) in [6.07, 6.45) is 5.82. The van der Waals surface area contributed by atoms with Gasteiger partial charge in [0.25, 0.3) is 0 Å². The number of alkyl carbamates (subject to hydrolysis) is 3. The summed E-state index contributed by atoms with van der Waals surface area (Å²) in [4.78, 5) is 34.9. The molecule has 0 aliphatic rings. The summed E-state index contributed by atoms with van der Waals surface area (Å²) >= 11 is 3.21. The van der Waals surface area contributed by atoms with Gasteiger partial charge in [0, 0.05) is 24.2 Å². The van der Waals surface area contributed by atoms with Gasteiger partial charge in [-0.2, -0.15) is 0 Å². The maximum Gasteiger partial charge on any atom is 0.408 e. The third-order valence-corrected chi connectivity index (χ3v) is 10.0. The number of amides is 3. The number of hydrogen-bond donors (Lipinski definition) is 6. The van der Waals surface area contributed by atoms with Gasteiger partial charge in [-0.25, -0.2) is 27.6 Å². The zero-order valence-electron chi connectivity index (χ0n) is 46.9. The van der Waals surface area contributed by atoms with Gasteiger partial charge < -0.3 is 59.7 Å². The second-order valence-electron chi connectivity index (χ2n) is 20.2. The highest BCUT2D eigenvalue weighted by molar-refractivity contribution is 9.10. The Kier molecular flexibility index (Phi) is 32.7. The molecule has 3 aromatic carbocycles. The minimum atomic E-state index is -0.589. The van der Waals surface area contributed by atoms with E-state index in [1.165, 1.54) is 42.5 Å². The summed E-state index contributed by atoms with van der Waals surface area (Å²) in [6, 6.07) is 11.8. The van der Waals surface area contributed by atoms with Crippen LogP contribution in [0.1, 0.15) is 141 Å². The van der Waals surface area contributed by atoms with Crippen LogP contribution in [0.3, 0.4) is 0 Å². The number of hydrogen-bond acceptors (Lipinski definition) is 12. The molecular weight excluding hydrogens is 1060 g/mol. The SMILES string of the molecule is C#C[C@H](CC)NC(=O)OC(C)(C)C.CC[C@@H](C#Cc1ccc(F)cc1O[C@@H](C)CO)NC(=O)OC(C)(C)C.CC[C@@H](CCc1ccc(F)cc1O[C@@H](C)CO)NC(=O)OC(C)(C)C.C[C@@H](CO)Oc1cc(F)ccc1Br. The van der Waals surface area contributed by atoms with Crippen molar-refractivity contribution in [3.8, 4) is 41.4 Å². The van der Waals surface area contributed by atoms with Gasteiger partial charge in [-0.05, 0) is 167 Å². The Morgan fingerprint density at radius 1 is 0.592 bits per heavy atom. The normalized spacial score (nSPS) is 13.3. The second-order valence-corrected chi connectivity index (χ2v) is 21.1. The smallest absolute Gasteiger partial charge is 0.408 e. The highest BCUT2D eigenvalue weighted by atomic mass is 79.9. The minimum Gasteiger partial charge on any atom is -0.488 e. The quantitative estimate of drug-likeness (QED) is 0.0520. The lowest BCUT2D eigenvalue weighted by molar-refractivity contribution is 0.0492. The number of aliphatic hydroxyl groups is 3. The van der Waals surface area contributed by atoms with Gasteiger partial charge in [0.1, 0.15) is 69.8 Å². The Labute approximate surface area is 457 Å². The molecule has 0 bridgehead atoms. The van der Waals surface area contributed by atoms with E-state index in [1.807, 2.05) is 62.3 Å². The number of aliphatic hydroxyl groups excluding tert-OH is 3. The molecule has 0 aliphatic heterocycles. The molecule has 0 radical (unpaired) electrons. The number of rotatable bonds is 18. The van der Waals surface area contributed by atoms with Crippen LogP contribution in [0.15, 0.2) is 59.1 Å². The van der Waals surface area contributed by atoms with Crippen LogP contribution in [-0.2, 0) is 20.6 Å². The third-order valence-electron chi connectivity index (χ3n) is 9.38. The molecule has 0 aromatic heterocycles. The molecule has 3 amide bonds. The fraction of sp³-hybridized carbons (Fsp3) is 0.561. The molecule has 15 nitrogen and oxygen atoms in total.